The Balaban J connectivity index is 2.08. The van der Waals surface area contributed by atoms with Gasteiger partial charge >= 0.3 is 6.18 Å². The SMILES string of the molecule is CC=[P+]1N=PN=[P+](C(C)C(C)Oc2cccc(C(F)(F)F)c2)[N-]1. The van der Waals surface area contributed by atoms with E-state index in [0.29, 0.717) is 8.52 Å². The fourth-order valence-corrected chi connectivity index (χ4v) is 7.11. The van der Waals surface area contributed by atoms with E-state index < -0.39 is 27.5 Å². The minimum Gasteiger partial charge on any atom is -0.486 e. The van der Waals surface area contributed by atoms with Crippen LogP contribution in [0.15, 0.2) is 33.3 Å². The van der Waals surface area contributed by atoms with E-state index in [2.05, 4.69) is 13.9 Å². The Kier molecular flexibility index (Phi) is 6.27. The third kappa shape index (κ3) is 5.06. The van der Waals surface area contributed by atoms with Gasteiger partial charge in [-0.25, -0.2) is 0 Å². The summed E-state index contributed by atoms with van der Waals surface area (Å²) in [7, 11) is -1.07. The van der Waals surface area contributed by atoms with Gasteiger partial charge in [-0.2, -0.15) is 18.0 Å². The second kappa shape index (κ2) is 7.81. The predicted octanol–water partition coefficient (Wildman–Crippen LogP) is 7.01. The summed E-state index contributed by atoms with van der Waals surface area (Å²) in [6.07, 6.45) is -4.67. The van der Waals surface area contributed by atoms with Crippen LogP contribution < -0.4 is 4.74 Å². The van der Waals surface area contributed by atoms with Gasteiger partial charge in [0.05, 0.1) is 11.4 Å². The smallest absolute Gasteiger partial charge is 0.416 e. The molecule has 1 aliphatic rings. The molecule has 0 N–H and O–H groups in total. The summed E-state index contributed by atoms with van der Waals surface area (Å²) in [5.74, 6) is 2.16. The molecule has 0 saturated carbocycles. The van der Waals surface area contributed by atoms with Gasteiger partial charge in [0, 0.05) is 0 Å². The molecule has 4 nitrogen and oxygen atoms in total. The van der Waals surface area contributed by atoms with Gasteiger partial charge in [-0.05, 0) is 48.0 Å². The first-order valence-electron chi connectivity index (χ1n) is 6.86. The molecule has 0 radical (unpaired) electrons. The summed E-state index contributed by atoms with van der Waals surface area (Å²) in [6.45, 7) is 5.71. The molecule has 4 atom stereocenters. The van der Waals surface area contributed by atoms with Gasteiger partial charge in [0.25, 0.3) is 8.52 Å². The van der Waals surface area contributed by atoms with Crippen LogP contribution in [-0.4, -0.2) is 17.6 Å². The average molecular weight is 380 g/mol. The minimum atomic E-state index is -4.38. The number of rotatable bonds is 4. The van der Waals surface area contributed by atoms with Crippen molar-refractivity contribution in [3.8, 4) is 5.75 Å². The zero-order valence-electron chi connectivity index (χ0n) is 12.8. The van der Waals surface area contributed by atoms with E-state index in [-0.39, 0.29) is 17.5 Å². The van der Waals surface area contributed by atoms with Crippen LogP contribution in [0, 0.1) is 0 Å². The lowest BCUT2D eigenvalue weighted by Crippen LogP contribution is -2.23. The van der Waals surface area contributed by atoms with Crippen molar-refractivity contribution >= 4 is 30.0 Å². The fourth-order valence-electron chi connectivity index (χ4n) is 1.74. The summed E-state index contributed by atoms with van der Waals surface area (Å²) < 4.78 is 52.6. The second-order valence-corrected chi connectivity index (χ2v) is 9.78. The Labute approximate surface area is 136 Å². The van der Waals surface area contributed by atoms with Crippen molar-refractivity contribution in [1.29, 1.82) is 0 Å². The second-order valence-electron chi connectivity index (χ2n) is 4.85. The lowest BCUT2D eigenvalue weighted by Gasteiger charge is -2.19. The molecule has 4 unspecified atom stereocenters. The topological polar surface area (TPSA) is 48.1 Å². The highest BCUT2D eigenvalue weighted by atomic mass is 31.2. The highest BCUT2D eigenvalue weighted by molar-refractivity contribution is 7.78. The summed E-state index contributed by atoms with van der Waals surface area (Å²) in [4.78, 5) is 4.59. The minimum absolute atomic E-state index is 0.00694. The van der Waals surface area contributed by atoms with Gasteiger partial charge in [0.15, 0.2) is 21.4 Å². The van der Waals surface area contributed by atoms with Crippen LogP contribution in [0.2, 0.25) is 0 Å². The van der Waals surface area contributed by atoms with Crippen molar-refractivity contribution < 1.29 is 17.9 Å². The number of nitrogens with zero attached hydrogens (tertiary/aromatic N) is 3. The van der Waals surface area contributed by atoms with Crippen LogP contribution in [0.5, 0.6) is 5.75 Å². The first-order valence-corrected chi connectivity index (χ1v) is 10.3. The van der Waals surface area contributed by atoms with E-state index >= 15 is 0 Å². The molecular weight excluding hydrogens is 364 g/mol. The lowest BCUT2D eigenvalue weighted by molar-refractivity contribution is -0.137. The van der Waals surface area contributed by atoms with Crippen molar-refractivity contribution in [3.05, 3.63) is 34.7 Å². The molecule has 1 heterocycles. The number of halogens is 3. The third-order valence-electron chi connectivity index (χ3n) is 3.20. The fraction of sp³-hybridized carbons (Fsp3) is 0.462. The maximum absolute atomic E-state index is 12.7. The molecule has 0 fully saturated rings. The molecule has 0 aromatic heterocycles. The maximum Gasteiger partial charge on any atom is 0.416 e. The zero-order valence-corrected chi connectivity index (χ0v) is 15.5. The van der Waals surface area contributed by atoms with Gasteiger partial charge in [0.2, 0.25) is 0 Å². The summed E-state index contributed by atoms with van der Waals surface area (Å²) in [5, 5.41) is 0. The third-order valence-corrected chi connectivity index (χ3v) is 8.39. The first kappa shape index (κ1) is 18.5. The Morgan fingerprint density at radius 2 is 2.09 bits per heavy atom. The zero-order chi connectivity index (χ0) is 17.0. The van der Waals surface area contributed by atoms with Crippen molar-refractivity contribution in [2.45, 2.75) is 38.7 Å². The molecule has 2 rings (SSSR count). The lowest BCUT2D eigenvalue weighted by atomic mass is 10.2. The van der Waals surface area contributed by atoms with Crippen LogP contribution in [0.3, 0.4) is 0 Å². The van der Waals surface area contributed by atoms with E-state index in [1.807, 2.05) is 26.6 Å². The Morgan fingerprint density at radius 3 is 2.74 bits per heavy atom. The molecule has 0 saturated heterocycles. The molecule has 1 aromatic rings. The molecule has 1 aromatic carbocycles. The molecule has 1 aliphatic heterocycles. The van der Waals surface area contributed by atoms with E-state index in [0.717, 1.165) is 12.1 Å². The van der Waals surface area contributed by atoms with Crippen molar-refractivity contribution in [2.24, 2.45) is 9.03 Å². The van der Waals surface area contributed by atoms with Gasteiger partial charge in [0.1, 0.15) is 11.9 Å². The van der Waals surface area contributed by atoms with Gasteiger partial charge in [-0.3, -0.25) is 0 Å². The van der Waals surface area contributed by atoms with Crippen molar-refractivity contribution in [2.75, 3.05) is 0 Å². The predicted molar refractivity (Wildman–Crippen MR) is 91.7 cm³/mol. The molecule has 10 heteroatoms. The van der Waals surface area contributed by atoms with Gasteiger partial charge in [-0.1, -0.05) is 6.07 Å². The van der Waals surface area contributed by atoms with Gasteiger partial charge in [-0.15, -0.1) is 0 Å². The quantitative estimate of drug-likeness (QED) is 0.519. The summed E-state index contributed by atoms with van der Waals surface area (Å²) in [5.41, 5.74) is -0.707. The Morgan fingerprint density at radius 1 is 1.35 bits per heavy atom. The van der Waals surface area contributed by atoms with E-state index in [4.69, 9.17) is 4.74 Å². The standard InChI is InChI=1S/C13H16F3N3OP3/c1-4-22-17-21-18-23(19-22)10(3)9(2)20-12-7-5-6-11(8-12)13(14,15)16/h4-10H,1-3H3/q+1. The number of benzene rings is 1. The Bertz CT molecular complexity index is 661. The molecule has 0 spiro atoms. The van der Waals surface area contributed by atoms with Crippen LogP contribution in [0.1, 0.15) is 26.3 Å². The molecular formula is C13H16F3N3OP3+. The molecule has 0 aliphatic carbocycles. The number of hydrogen-bond acceptors (Lipinski definition) is 3. The Hall–Kier alpha value is -0.860. The normalized spacial score (nSPS) is 21.7. The number of alkyl halides is 3. The van der Waals surface area contributed by atoms with Crippen LogP contribution in [-0.2, 0) is 6.18 Å². The highest BCUT2D eigenvalue weighted by Crippen LogP contribution is 2.59. The van der Waals surface area contributed by atoms with E-state index in [1.54, 1.807) is 0 Å². The molecule has 124 valence electrons. The van der Waals surface area contributed by atoms with Crippen LogP contribution in [0.25, 0.3) is 4.86 Å². The van der Waals surface area contributed by atoms with Crippen molar-refractivity contribution in [3.63, 3.8) is 0 Å². The van der Waals surface area contributed by atoms with Crippen molar-refractivity contribution in [1.82, 2.24) is 0 Å². The average Bonchev–Trinajstić information content (AvgIpc) is 2.53. The molecule has 0 amide bonds. The van der Waals surface area contributed by atoms with Crippen LogP contribution in [0.4, 0.5) is 13.2 Å². The largest absolute Gasteiger partial charge is 0.486 e. The molecule has 0 bridgehead atoms. The van der Waals surface area contributed by atoms with Crippen LogP contribution >= 0.6 is 24.2 Å². The molecule has 23 heavy (non-hydrogen) atoms. The van der Waals surface area contributed by atoms with Gasteiger partial charge < -0.3 is 4.74 Å². The maximum atomic E-state index is 12.7. The van der Waals surface area contributed by atoms with E-state index in [9.17, 15) is 13.2 Å². The summed E-state index contributed by atoms with van der Waals surface area (Å²) >= 11 is 0. The first-order chi connectivity index (χ1) is 10.8. The number of hydrogen-bond donors (Lipinski definition) is 0. The monoisotopic (exact) mass is 380 g/mol. The number of ether oxygens (including phenoxy) is 1. The highest BCUT2D eigenvalue weighted by Gasteiger charge is 2.32. The van der Waals surface area contributed by atoms with E-state index in [1.165, 1.54) is 12.1 Å². The summed E-state index contributed by atoms with van der Waals surface area (Å²) in [6, 6.07) is 4.92.